The van der Waals surface area contributed by atoms with E-state index >= 15 is 0 Å². The van der Waals surface area contributed by atoms with E-state index in [9.17, 15) is 9.59 Å². The van der Waals surface area contributed by atoms with Crippen molar-refractivity contribution in [2.45, 2.75) is 13.3 Å². The van der Waals surface area contributed by atoms with Crippen molar-refractivity contribution in [1.29, 1.82) is 0 Å². The zero-order valence-electron chi connectivity index (χ0n) is 11.4. The fourth-order valence-electron chi connectivity index (χ4n) is 1.71. The zero-order chi connectivity index (χ0) is 14.5. The first-order valence-corrected chi connectivity index (χ1v) is 6.22. The number of nitrogens with zero attached hydrogens (tertiary/aromatic N) is 3. The van der Waals surface area contributed by atoms with Gasteiger partial charge in [0.1, 0.15) is 0 Å². The number of hydrogen-bond acceptors (Lipinski definition) is 4. The minimum atomic E-state index is -0.372. The SMILES string of the molecule is CN=CCC(=O)c1nn(-c2ccc(C)cc2)ccc1=O. The molecule has 0 atom stereocenters. The first kappa shape index (κ1) is 13.9. The summed E-state index contributed by atoms with van der Waals surface area (Å²) in [5.41, 5.74) is 1.50. The van der Waals surface area contributed by atoms with E-state index in [0.717, 1.165) is 11.3 Å². The minimum Gasteiger partial charge on any atom is -0.300 e. The molecule has 0 unspecified atom stereocenters. The number of ketones is 1. The van der Waals surface area contributed by atoms with Crippen molar-refractivity contribution in [3.05, 3.63) is 58.0 Å². The van der Waals surface area contributed by atoms with Gasteiger partial charge in [0, 0.05) is 31.9 Å². The normalized spacial score (nSPS) is 10.9. The van der Waals surface area contributed by atoms with Gasteiger partial charge in [-0.2, -0.15) is 5.10 Å². The average molecular weight is 269 g/mol. The van der Waals surface area contributed by atoms with Crippen LogP contribution < -0.4 is 5.43 Å². The maximum atomic E-state index is 11.9. The zero-order valence-corrected chi connectivity index (χ0v) is 11.4. The van der Waals surface area contributed by atoms with Crippen LogP contribution in [0.15, 0.2) is 46.3 Å². The van der Waals surface area contributed by atoms with E-state index in [1.54, 1.807) is 13.2 Å². The van der Waals surface area contributed by atoms with Gasteiger partial charge in [0.05, 0.1) is 5.69 Å². The lowest BCUT2D eigenvalue weighted by Gasteiger charge is -2.06. The molecule has 0 N–H and O–H groups in total. The van der Waals surface area contributed by atoms with Crippen LogP contribution in [0.3, 0.4) is 0 Å². The highest BCUT2D eigenvalue weighted by atomic mass is 16.1. The summed E-state index contributed by atoms with van der Waals surface area (Å²) in [6.07, 6.45) is 3.10. The van der Waals surface area contributed by atoms with Crippen molar-refractivity contribution >= 4 is 12.0 Å². The lowest BCUT2D eigenvalue weighted by Crippen LogP contribution is -2.20. The maximum absolute atomic E-state index is 11.9. The Morgan fingerprint density at radius 1 is 1.30 bits per heavy atom. The van der Waals surface area contributed by atoms with Crippen molar-refractivity contribution in [2.24, 2.45) is 4.99 Å². The number of carbonyl (C=O) groups excluding carboxylic acids is 1. The number of carbonyl (C=O) groups is 1. The van der Waals surface area contributed by atoms with Crippen LogP contribution in [0.4, 0.5) is 0 Å². The van der Waals surface area contributed by atoms with Gasteiger partial charge >= 0.3 is 0 Å². The molecule has 0 aliphatic carbocycles. The molecule has 0 aliphatic heterocycles. The second kappa shape index (κ2) is 6.06. The molecule has 0 saturated heterocycles. The van der Waals surface area contributed by atoms with Crippen molar-refractivity contribution in [3.63, 3.8) is 0 Å². The second-order valence-corrected chi connectivity index (χ2v) is 4.38. The molecule has 0 amide bonds. The molecule has 5 nitrogen and oxygen atoms in total. The third-order valence-corrected chi connectivity index (χ3v) is 2.83. The minimum absolute atomic E-state index is 0.0621. The van der Waals surface area contributed by atoms with E-state index in [4.69, 9.17) is 0 Å². The van der Waals surface area contributed by atoms with Gasteiger partial charge in [-0.15, -0.1) is 0 Å². The number of aromatic nitrogens is 2. The number of Topliss-reactive ketones (excluding diaryl/α,β-unsaturated/α-hetero) is 1. The van der Waals surface area contributed by atoms with Crippen LogP contribution in [0.5, 0.6) is 0 Å². The molecule has 2 aromatic rings. The maximum Gasteiger partial charge on any atom is 0.211 e. The largest absolute Gasteiger partial charge is 0.300 e. The van der Waals surface area contributed by atoms with Gasteiger partial charge in [0.2, 0.25) is 5.43 Å². The van der Waals surface area contributed by atoms with Crippen molar-refractivity contribution in [1.82, 2.24) is 9.78 Å². The summed E-state index contributed by atoms with van der Waals surface area (Å²) in [5, 5.41) is 4.12. The molecule has 1 heterocycles. The summed E-state index contributed by atoms with van der Waals surface area (Å²) in [7, 11) is 1.58. The van der Waals surface area contributed by atoms with Crippen LogP contribution in [0.25, 0.3) is 5.69 Å². The third-order valence-electron chi connectivity index (χ3n) is 2.83. The van der Waals surface area contributed by atoms with E-state index in [1.807, 2.05) is 31.2 Å². The third kappa shape index (κ3) is 3.06. The Hall–Kier alpha value is -2.56. The van der Waals surface area contributed by atoms with Crippen LogP contribution in [0, 0.1) is 6.92 Å². The Morgan fingerprint density at radius 3 is 2.65 bits per heavy atom. The van der Waals surface area contributed by atoms with Gasteiger partial charge < -0.3 is 4.99 Å². The molecule has 0 aliphatic rings. The Kier molecular flexibility index (Phi) is 4.20. The van der Waals surface area contributed by atoms with Gasteiger partial charge in [-0.3, -0.25) is 9.59 Å². The van der Waals surface area contributed by atoms with Gasteiger partial charge in [0.25, 0.3) is 0 Å². The molecule has 0 bridgehead atoms. The number of benzene rings is 1. The quantitative estimate of drug-likeness (QED) is 0.628. The van der Waals surface area contributed by atoms with E-state index in [2.05, 4.69) is 10.1 Å². The first-order chi connectivity index (χ1) is 9.61. The summed E-state index contributed by atoms with van der Waals surface area (Å²) in [6.45, 7) is 1.99. The number of aryl methyl sites for hydroxylation is 1. The van der Waals surface area contributed by atoms with Gasteiger partial charge in [0.15, 0.2) is 11.5 Å². The highest BCUT2D eigenvalue weighted by Gasteiger charge is 2.12. The van der Waals surface area contributed by atoms with Crippen LogP contribution in [-0.4, -0.2) is 28.8 Å². The Morgan fingerprint density at radius 2 is 2.00 bits per heavy atom. The summed E-state index contributed by atoms with van der Waals surface area (Å²) >= 11 is 0. The molecule has 2 rings (SSSR count). The summed E-state index contributed by atoms with van der Waals surface area (Å²) < 4.78 is 1.52. The second-order valence-electron chi connectivity index (χ2n) is 4.38. The average Bonchev–Trinajstić information content (AvgIpc) is 2.46. The highest BCUT2D eigenvalue weighted by Crippen LogP contribution is 2.07. The summed E-state index contributed by atoms with van der Waals surface area (Å²) in [6, 6.07) is 9.01. The molecule has 0 radical (unpaired) electrons. The van der Waals surface area contributed by atoms with Crippen LogP contribution in [-0.2, 0) is 0 Å². The predicted octanol–water partition coefficient (Wildman–Crippen LogP) is 1.81. The first-order valence-electron chi connectivity index (χ1n) is 6.22. The lowest BCUT2D eigenvalue weighted by atomic mass is 10.2. The van der Waals surface area contributed by atoms with E-state index in [0.29, 0.717) is 0 Å². The van der Waals surface area contributed by atoms with Gasteiger partial charge in [-0.05, 0) is 19.1 Å². The van der Waals surface area contributed by atoms with E-state index in [-0.39, 0.29) is 23.3 Å². The van der Waals surface area contributed by atoms with Crippen molar-refractivity contribution in [3.8, 4) is 5.69 Å². The molecule has 1 aromatic carbocycles. The Labute approximate surface area is 116 Å². The monoisotopic (exact) mass is 269 g/mol. The van der Waals surface area contributed by atoms with Crippen molar-refractivity contribution in [2.75, 3.05) is 7.05 Å². The van der Waals surface area contributed by atoms with E-state index < -0.39 is 0 Å². The smallest absolute Gasteiger partial charge is 0.211 e. The lowest BCUT2D eigenvalue weighted by molar-refractivity contribution is 0.0994. The summed E-state index contributed by atoms with van der Waals surface area (Å²) in [4.78, 5) is 27.4. The number of hydrogen-bond donors (Lipinski definition) is 0. The molecule has 20 heavy (non-hydrogen) atoms. The van der Waals surface area contributed by atoms with Crippen LogP contribution in [0.1, 0.15) is 22.5 Å². The molecule has 5 heteroatoms. The standard InChI is InChI=1S/C15H15N3O2/c1-11-3-5-12(6-4-11)18-10-8-14(20)15(17-18)13(19)7-9-16-2/h3-6,8-10H,7H2,1-2H3. The number of aliphatic imine (C=N–C) groups is 1. The summed E-state index contributed by atoms with van der Waals surface area (Å²) in [5.74, 6) is -0.331. The molecule has 0 spiro atoms. The number of rotatable bonds is 4. The van der Waals surface area contributed by atoms with Gasteiger partial charge in [-0.25, -0.2) is 4.68 Å². The topological polar surface area (TPSA) is 64.3 Å². The van der Waals surface area contributed by atoms with Crippen LogP contribution >= 0.6 is 0 Å². The molecule has 0 saturated carbocycles. The molecule has 0 fully saturated rings. The molecular weight excluding hydrogens is 254 g/mol. The van der Waals surface area contributed by atoms with E-state index in [1.165, 1.54) is 17.0 Å². The fourth-order valence-corrected chi connectivity index (χ4v) is 1.71. The fraction of sp³-hybridized carbons (Fsp3) is 0.200. The van der Waals surface area contributed by atoms with Crippen molar-refractivity contribution < 1.29 is 4.79 Å². The predicted molar refractivity (Wildman–Crippen MR) is 77.9 cm³/mol. The Bertz CT molecular complexity index is 700. The van der Waals surface area contributed by atoms with Crippen LogP contribution in [0.2, 0.25) is 0 Å². The molecule has 1 aromatic heterocycles. The van der Waals surface area contributed by atoms with Gasteiger partial charge in [-0.1, -0.05) is 17.7 Å². The molecular formula is C15H15N3O2. The molecule has 102 valence electrons. The highest BCUT2D eigenvalue weighted by molar-refractivity contribution is 6.02. The Balaban J connectivity index is 2.40.